The summed E-state index contributed by atoms with van der Waals surface area (Å²) in [4.78, 5) is 0. The number of aliphatic hydroxyl groups is 1. The predicted molar refractivity (Wildman–Crippen MR) is 87.7 cm³/mol. The molecule has 1 saturated carbocycles. The minimum atomic E-state index is -0.367. The lowest BCUT2D eigenvalue weighted by atomic mass is 9.64. The van der Waals surface area contributed by atoms with Gasteiger partial charge >= 0.3 is 0 Å². The van der Waals surface area contributed by atoms with Gasteiger partial charge in [-0.15, -0.1) is 0 Å². The van der Waals surface area contributed by atoms with Crippen LogP contribution >= 0.6 is 15.9 Å². The van der Waals surface area contributed by atoms with Crippen LogP contribution in [-0.4, -0.2) is 17.8 Å². The molecule has 1 aliphatic carbocycles. The molecule has 0 spiro atoms. The van der Waals surface area contributed by atoms with Gasteiger partial charge < -0.3 is 10.8 Å². The van der Waals surface area contributed by atoms with Crippen molar-refractivity contribution in [2.24, 2.45) is 17.1 Å². The summed E-state index contributed by atoms with van der Waals surface area (Å²) < 4.78 is 1.04. The molecule has 1 aromatic rings. The van der Waals surface area contributed by atoms with Gasteiger partial charge in [0.25, 0.3) is 0 Å². The predicted octanol–water partition coefficient (Wildman–Crippen LogP) is 4.07. The molecule has 3 heteroatoms. The molecule has 0 heterocycles. The van der Waals surface area contributed by atoms with E-state index in [-0.39, 0.29) is 17.4 Å². The van der Waals surface area contributed by atoms with Crippen LogP contribution in [0, 0.1) is 11.3 Å². The molecule has 20 heavy (non-hydrogen) atoms. The largest absolute Gasteiger partial charge is 0.392 e. The number of hydrogen-bond donors (Lipinski definition) is 2. The van der Waals surface area contributed by atoms with E-state index in [1.165, 1.54) is 19.3 Å². The molecule has 0 amide bonds. The van der Waals surface area contributed by atoms with Crippen molar-refractivity contribution in [2.75, 3.05) is 6.54 Å². The lowest BCUT2D eigenvalue weighted by Gasteiger charge is -2.43. The van der Waals surface area contributed by atoms with Gasteiger partial charge in [0.1, 0.15) is 0 Å². The quantitative estimate of drug-likeness (QED) is 0.868. The monoisotopic (exact) mass is 339 g/mol. The Hall–Kier alpha value is -0.380. The smallest absolute Gasteiger partial charge is 0.0654 e. The Bertz CT molecular complexity index is 446. The van der Waals surface area contributed by atoms with Gasteiger partial charge in [-0.2, -0.15) is 0 Å². The summed E-state index contributed by atoms with van der Waals surface area (Å²) in [5.74, 6) is 0.338. The second-order valence-electron chi connectivity index (χ2n) is 6.70. The molecule has 3 atom stereocenters. The van der Waals surface area contributed by atoms with Crippen molar-refractivity contribution < 1.29 is 5.11 Å². The van der Waals surface area contributed by atoms with E-state index in [2.05, 4.69) is 35.8 Å². The topological polar surface area (TPSA) is 46.2 Å². The Morgan fingerprint density at radius 2 is 2.05 bits per heavy atom. The van der Waals surface area contributed by atoms with Gasteiger partial charge in [-0.25, -0.2) is 0 Å². The van der Waals surface area contributed by atoms with Crippen molar-refractivity contribution >= 4 is 15.9 Å². The Balaban J connectivity index is 2.25. The summed E-state index contributed by atoms with van der Waals surface area (Å²) in [6.07, 6.45) is 4.43. The highest BCUT2D eigenvalue weighted by atomic mass is 79.9. The molecular formula is C17H26BrNO. The summed E-state index contributed by atoms with van der Waals surface area (Å²) in [5.41, 5.74) is 7.32. The summed E-state index contributed by atoms with van der Waals surface area (Å²) in [6.45, 7) is 5.05. The summed E-state index contributed by atoms with van der Waals surface area (Å²) >= 11 is 3.59. The van der Waals surface area contributed by atoms with Gasteiger partial charge in [0, 0.05) is 16.9 Å². The minimum Gasteiger partial charge on any atom is -0.392 e. The molecule has 1 aliphatic rings. The second kappa shape index (κ2) is 6.59. The van der Waals surface area contributed by atoms with Crippen LogP contribution in [0.25, 0.3) is 0 Å². The summed E-state index contributed by atoms with van der Waals surface area (Å²) in [7, 11) is 0. The molecule has 3 unspecified atom stereocenters. The zero-order chi connectivity index (χ0) is 14.8. The zero-order valence-electron chi connectivity index (χ0n) is 12.5. The molecule has 1 fully saturated rings. The third-order valence-corrected chi connectivity index (χ3v) is 5.70. The van der Waals surface area contributed by atoms with Gasteiger partial charge in [-0.05, 0) is 35.8 Å². The maximum atomic E-state index is 10.9. The fraction of sp³-hybridized carbons (Fsp3) is 0.647. The first-order valence-corrected chi connectivity index (χ1v) is 8.39. The lowest BCUT2D eigenvalue weighted by molar-refractivity contribution is -0.00906. The molecule has 0 aliphatic heterocycles. The van der Waals surface area contributed by atoms with E-state index in [0.717, 1.165) is 16.5 Å². The highest BCUT2D eigenvalue weighted by Gasteiger charge is 2.40. The highest BCUT2D eigenvalue weighted by Crippen LogP contribution is 2.45. The summed E-state index contributed by atoms with van der Waals surface area (Å²) in [5, 5.41) is 10.9. The maximum absolute atomic E-state index is 10.9. The zero-order valence-corrected chi connectivity index (χ0v) is 14.1. The maximum Gasteiger partial charge on any atom is 0.0654 e. The average molecular weight is 340 g/mol. The Morgan fingerprint density at radius 3 is 2.65 bits per heavy atom. The molecule has 112 valence electrons. The molecule has 2 rings (SSSR count). The van der Waals surface area contributed by atoms with E-state index in [4.69, 9.17) is 5.73 Å². The van der Waals surface area contributed by atoms with E-state index in [9.17, 15) is 5.11 Å². The van der Waals surface area contributed by atoms with Crippen LogP contribution in [0.15, 0.2) is 28.7 Å². The third kappa shape index (κ3) is 3.26. The molecule has 1 aromatic carbocycles. The number of benzene rings is 1. The Kier molecular flexibility index (Phi) is 5.27. The number of aliphatic hydroxyl groups excluding tert-OH is 1. The number of nitrogens with two attached hydrogens (primary N) is 1. The van der Waals surface area contributed by atoms with E-state index in [1.54, 1.807) is 0 Å². The standard InChI is InChI=1S/C17H26BrNO/c1-17(2)10-6-5-8-14(17)16(20)13(11-19)12-7-3-4-9-15(12)18/h3-4,7,9,13-14,16,20H,5-6,8,10-11,19H2,1-2H3. The van der Waals surface area contributed by atoms with Gasteiger partial charge in [0.2, 0.25) is 0 Å². The highest BCUT2D eigenvalue weighted by molar-refractivity contribution is 9.10. The second-order valence-corrected chi connectivity index (χ2v) is 7.55. The average Bonchev–Trinajstić information content (AvgIpc) is 2.41. The van der Waals surface area contributed by atoms with Crippen molar-refractivity contribution in [1.29, 1.82) is 0 Å². The van der Waals surface area contributed by atoms with Gasteiger partial charge in [-0.1, -0.05) is 60.8 Å². The van der Waals surface area contributed by atoms with Crippen molar-refractivity contribution in [3.05, 3.63) is 34.3 Å². The van der Waals surface area contributed by atoms with E-state index < -0.39 is 0 Å². The van der Waals surface area contributed by atoms with Crippen LogP contribution in [0.2, 0.25) is 0 Å². The molecular weight excluding hydrogens is 314 g/mol. The first-order valence-electron chi connectivity index (χ1n) is 7.60. The van der Waals surface area contributed by atoms with Crippen molar-refractivity contribution in [3.63, 3.8) is 0 Å². The van der Waals surface area contributed by atoms with Crippen LogP contribution < -0.4 is 5.73 Å². The number of hydrogen-bond acceptors (Lipinski definition) is 2. The molecule has 0 radical (unpaired) electrons. The molecule has 2 nitrogen and oxygen atoms in total. The van der Waals surface area contributed by atoms with Crippen LogP contribution in [0.3, 0.4) is 0 Å². The van der Waals surface area contributed by atoms with Crippen molar-refractivity contribution in [2.45, 2.75) is 51.6 Å². The Labute approximate surface area is 130 Å². The van der Waals surface area contributed by atoms with Crippen LogP contribution in [-0.2, 0) is 0 Å². The Morgan fingerprint density at radius 1 is 1.35 bits per heavy atom. The van der Waals surface area contributed by atoms with Crippen molar-refractivity contribution in [3.8, 4) is 0 Å². The normalized spacial score (nSPS) is 25.1. The van der Waals surface area contributed by atoms with E-state index >= 15 is 0 Å². The molecule has 0 saturated heterocycles. The fourth-order valence-electron chi connectivity index (χ4n) is 3.66. The van der Waals surface area contributed by atoms with Crippen LogP contribution in [0.1, 0.15) is 51.0 Å². The first kappa shape index (κ1) is 16.0. The van der Waals surface area contributed by atoms with Crippen LogP contribution in [0.4, 0.5) is 0 Å². The minimum absolute atomic E-state index is 0.00736. The molecule has 3 N–H and O–H groups in total. The van der Waals surface area contributed by atoms with Gasteiger partial charge in [-0.3, -0.25) is 0 Å². The number of rotatable bonds is 4. The fourth-order valence-corrected chi connectivity index (χ4v) is 4.24. The van der Waals surface area contributed by atoms with E-state index in [1.807, 2.05) is 18.2 Å². The third-order valence-electron chi connectivity index (χ3n) is 4.97. The summed E-state index contributed by atoms with van der Waals surface area (Å²) in [6, 6.07) is 8.11. The first-order chi connectivity index (χ1) is 9.47. The number of halogens is 1. The lowest BCUT2D eigenvalue weighted by Crippen LogP contribution is -2.42. The van der Waals surface area contributed by atoms with Crippen molar-refractivity contribution in [1.82, 2.24) is 0 Å². The van der Waals surface area contributed by atoms with Gasteiger partial charge in [0.15, 0.2) is 0 Å². The van der Waals surface area contributed by atoms with Gasteiger partial charge in [0.05, 0.1) is 6.10 Å². The SMILES string of the molecule is CC1(C)CCCCC1C(O)C(CN)c1ccccc1Br. The molecule has 0 aromatic heterocycles. The van der Waals surface area contributed by atoms with Crippen LogP contribution in [0.5, 0.6) is 0 Å². The van der Waals surface area contributed by atoms with E-state index in [0.29, 0.717) is 12.5 Å². The molecule has 0 bridgehead atoms.